The summed E-state index contributed by atoms with van der Waals surface area (Å²) in [7, 11) is 0. The maximum atomic E-state index is 12.3. The molecule has 4 aromatic rings. The Hall–Kier alpha value is -3.85. The minimum Gasteiger partial charge on any atom is -0.423 e. The van der Waals surface area contributed by atoms with E-state index in [1.807, 2.05) is 11.4 Å². The molecule has 0 aliphatic rings. The first-order valence-electron chi connectivity index (χ1n) is 8.19. The van der Waals surface area contributed by atoms with Crippen LogP contribution >= 0.6 is 11.3 Å². The first kappa shape index (κ1) is 17.6. The molecule has 1 amide bonds. The summed E-state index contributed by atoms with van der Waals surface area (Å²) in [5.41, 5.74) is 1.72. The topological polar surface area (TPSA) is 99.0 Å². The second-order valence-electron chi connectivity index (χ2n) is 5.65. The standard InChI is InChI=1S/C19H13N5O3S/c25-18(17-2-1-11-28-17)21-14-5-3-13(4-6-14)19(26)27-16-9-7-15(8-10-16)24-12-20-22-23-24/h1-12H,(H,21,25). The van der Waals surface area contributed by atoms with Gasteiger partial charge in [-0.2, -0.15) is 0 Å². The number of nitrogens with one attached hydrogen (secondary N) is 1. The summed E-state index contributed by atoms with van der Waals surface area (Å²) in [6.07, 6.45) is 1.47. The van der Waals surface area contributed by atoms with E-state index in [9.17, 15) is 9.59 Å². The predicted octanol–water partition coefficient (Wildman–Crippen LogP) is 3.20. The number of tetrazole rings is 1. The highest BCUT2D eigenvalue weighted by atomic mass is 32.1. The zero-order valence-corrected chi connectivity index (χ0v) is 15.2. The van der Waals surface area contributed by atoms with E-state index in [1.165, 1.54) is 22.3 Å². The number of hydrogen-bond acceptors (Lipinski definition) is 7. The van der Waals surface area contributed by atoms with Gasteiger partial charge in [-0.05, 0) is 70.4 Å². The molecule has 0 radical (unpaired) electrons. The fraction of sp³-hybridized carbons (Fsp3) is 0. The van der Waals surface area contributed by atoms with Crippen molar-refractivity contribution in [2.24, 2.45) is 0 Å². The van der Waals surface area contributed by atoms with Crippen molar-refractivity contribution in [1.29, 1.82) is 0 Å². The molecule has 0 saturated heterocycles. The van der Waals surface area contributed by atoms with Gasteiger partial charge >= 0.3 is 5.97 Å². The molecule has 0 unspecified atom stereocenters. The van der Waals surface area contributed by atoms with Crippen LogP contribution in [-0.2, 0) is 0 Å². The fourth-order valence-corrected chi connectivity index (χ4v) is 3.02. The van der Waals surface area contributed by atoms with Gasteiger partial charge in [0.15, 0.2) is 0 Å². The summed E-state index contributed by atoms with van der Waals surface area (Å²) in [4.78, 5) is 25.0. The number of carbonyl (C=O) groups is 2. The average Bonchev–Trinajstić information content (AvgIpc) is 3.43. The molecule has 2 aromatic carbocycles. The Balaban J connectivity index is 1.39. The SMILES string of the molecule is O=C(Oc1ccc(-n2cnnn2)cc1)c1ccc(NC(=O)c2cccs2)cc1. The monoisotopic (exact) mass is 391 g/mol. The third kappa shape index (κ3) is 3.94. The Kier molecular flexibility index (Phi) is 4.89. The van der Waals surface area contributed by atoms with Crippen molar-refractivity contribution in [3.63, 3.8) is 0 Å². The maximum Gasteiger partial charge on any atom is 0.343 e. The molecule has 8 nitrogen and oxygen atoms in total. The quantitative estimate of drug-likeness (QED) is 0.414. The van der Waals surface area contributed by atoms with Gasteiger partial charge in [-0.25, -0.2) is 9.48 Å². The molecule has 2 heterocycles. The summed E-state index contributed by atoms with van der Waals surface area (Å²) >= 11 is 1.36. The Morgan fingerprint density at radius 3 is 2.43 bits per heavy atom. The van der Waals surface area contributed by atoms with Crippen LogP contribution in [0.4, 0.5) is 5.69 Å². The van der Waals surface area contributed by atoms with E-state index in [0.29, 0.717) is 21.9 Å². The highest BCUT2D eigenvalue weighted by Gasteiger charge is 2.11. The molecule has 0 fully saturated rings. The molecule has 0 saturated carbocycles. The molecule has 138 valence electrons. The van der Waals surface area contributed by atoms with Crippen molar-refractivity contribution in [3.05, 3.63) is 82.8 Å². The molecule has 0 spiro atoms. The summed E-state index contributed by atoms with van der Waals surface area (Å²) in [6.45, 7) is 0. The lowest BCUT2D eigenvalue weighted by molar-refractivity contribution is 0.0734. The van der Waals surface area contributed by atoms with Gasteiger partial charge in [0.1, 0.15) is 12.1 Å². The highest BCUT2D eigenvalue weighted by molar-refractivity contribution is 7.12. The van der Waals surface area contributed by atoms with Gasteiger partial charge in [0.05, 0.1) is 16.1 Å². The lowest BCUT2D eigenvalue weighted by Gasteiger charge is -2.07. The van der Waals surface area contributed by atoms with Crippen LogP contribution in [0, 0.1) is 0 Å². The number of nitrogens with zero attached hydrogens (tertiary/aromatic N) is 4. The van der Waals surface area contributed by atoms with Crippen LogP contribution in [0.25, 0.3) is 5.69 Å². The fourth-order valence-electron chi connectivity index (χ4n) is 2.40. The van der Waals surface area contributed by atoms with E-state index in [-0.39, 0.29) is 5.91 Å². The van der Waals surface area contributed by atoms with Crippen LogP contribution in [-0.4, -0.2) is 32.1 Å². The van der Waals surface area contributed by atoms with Crippen LogP contribution in [0.3, 0.4) is 0 Å². The number of thiophene rings is 1. The first-order chi connectivity index (χ1) is 13.7. The van der Waals surface area contributed by atoms with E-state index in [0.717, 1.165) is 5.69 Å². The Labute approximate surface area is 163 Å². The number of rotatable bonds is 5. The van der Waals surface area contributed by atoms with E-state index in [4.69, 9.17) is 4.74 Å². The van der Waals surface area contributed by atoms with Gasteiger partial charge in [-0.15, -0.1) is 16.4 Å². The molecule has 4 rings (SSSR count). The average molecular weight is 391 g/mol. The van der Waals surface area contributed by atoms with Gasteiger partial charge in [0, 0.05) is 5.69 Å². The molecule has 0 aliphatic heterocycles. The van der Waals surface area contributed by atoms with Gasteiger partial charge in [-0.1, -0.05) is 6.07 Å². The van der Waals surface area contributed by atoms with Crippen molar-refractivity contribution in [1.82, 2.24) is 20.2 Å². The molecular weight excluding hydrogens is 378 g/mol. The van der Waals surface area contributed by atoms with Crippen LogP contribution in [0.5, 0.6) is 5.75 Å². The van der Waals surface area contributed by atoms with E-state index in [2.05, 4.69) is 20.8 Å². The number of hydrogen-bond donors (Lipinski definition) is 1. The van der Waals surface area contributed by atoms with Gasteiger partial charge < -0.3 is 10.1 Å². The lowest BCUT2D eigenvalue weighted by atomic mass is 10.2. The molecular formula is C19H13N5O3S. The molecule has 2 aromatic heterocycles. The number of esters is 1. The normalized spacial score (nSPS) is 10.4. The van der Waals surface area contributed by atoms with Crippen molar-refractivity contribution in [2.75, 3.05) is 5.32 Å². The Morgan fingerprint density at radius 1 is 1.00 bits per heavy atom. The summed E-state index contributed by atoms with van der Waals surface area (Å²) < 4.78 is 6.86. The molecule has 0 aliphatic carbocycles. The number of benzene rings is 2. The number of amides is 1. The number of ether oxygens (including phenoxy) is 1. The van der Waals surface area contributed by atoms with Gasteiger partial charge in [-0.3, -0.25) is 4.79 Å². The molecule has 9 heteroatoms. The van der Waals surface area contributed by atoms with Crippen LogP contribution in [0.1, 0.15) is 20.0 Å². The van der Waals surface area contributed by atoms with Crippen molar-refractivity contribution >= 4 is 28.9 Å². The molecule has 28 heavy (non-hydrogen) atoms. The zero-order chi connectivity index (χ0) is 19.3. The number of carbonyl (C=O) groups excluding carboxylic acids is 2. The lowest BCUT2D eigenvalue weighted by Crippen LogP contribution is -2.11. The largest absolute Gasteiger partial charge is 0.423 e. The first-order valence-corrected chi connectivity index (χ1v) is 9.07. The van der Waals surface area contributed by atoms with Gasteiger partial charge in [0.25, 0.3) is 5.91 Å². The highest BCUT2D eigenvalue weighted by Crippen LogP contribution is 2.18. The third-order valence-corrected chi connectivity index (χ3v) is 4.65. The number of anilines is 1. The van der Waals surface area contributed by atoms with Crippen LogP contribution in [0.2, 0.25) is 0 Å². The third-order valence-electron chi connectivity index (χ3n) is 3.78. The van der Waals surface area contributed by atoms with E-state index < -0.39 is 5.97 Å². The Morgan fingerprint density at radius 2 is 1.79 bits per heavy atom. The number of aromatic nitrogens is 4. The minimum atomic E-state index is -0.494. The summed E-state index contributed by atoms with van der Waals surface area (Å²) in [6, 6.07) is 16.9. The summed E-state index contributed by atoms with van der Waals surface area (Å²) in [5, 5.41) is 15.5. The molecule has 1 N–H and O–H groups in total. The second kappa shape index (κ2) is 7.80. The van der Waals surface area contributed by atoms with Crippen molar-refractivity contribution in [3.8, 4) is 11.4 Å². The van der Waals surface area contributed by atoms with E-state index >= 15 is 0 Å². The zero-order valence-electron chi connectivity index (χ0n) is 14.4. The van der Waals surface area contributed by atoms with Crippen molar-refractivity contribution < 1.29 is 14.3 Å². The molecule has 0 atom stereocenters. The Bertz CT molecular complexity index is 1080. The summed E-state index contributed by atoms with van der Waals surface area (Å²) in [5.74, 6) is -0.281. The second-order valence-corrected chi connectivity index (χ2v) is 6.59. The van der Waals surface area contributed by atoms with Gasteiger partial charge in [0.2, 0.25) is 0 Å². The smallest absolute Gasteiger partial charge is 0.343 e. The van der Waals surface area contributed by atoms with E-state index in [1.54, 1.807) is 54.6 Å². The maximum absolute atomic E-state index is 12.3. The van der Waals surface area contributed by atoms with Crippen LogP contribution < -0.4 is 10.1 Å². The van der Waals surface area contributed by atoms with Crippen molar-refractivity contribution in [2.45, 2.75) is 0 Å². The minimum absolute atomic E-state index is 0.187. The predicted molar refractivity (Wildman–Crippen MR) is 103 cm³/mol. The van der Waals surface area contributed by atoms with Crippen LogP contribution in [0.15, 0.2) is 72.4 Å². The molecule has 0 bridgehead atoms.